The van der Waals surface area contributed by atoms with Crippen LogP contribution in [0.25, 0.3) is 6.08 Å². The van der Waals surface area contributed by atoms with Gasteiger partial charge in [-0.05, 0) is 36.8 Å². The fourth-order valence-electron chi connectivity index (χ4n) is 3.34. The molecule has 1 heterocycles. The SMILES string of the molecule is CCOC(=O)C1=C(O)/C(=C/c2ccccc2OCc2ccccc2)SC1=NC(=O)c1ccccc1. The van der Waals surface area contributed by atoms with Gasteiger partial charge >= 0.3 is 5.97 Å². The van der Waals surface area contributed by atoms with Gasteiger partial charge < -0.3 is 14.6 Å². The highest BCUT2D eigenvalue weighted by Crippen LogP contribution is 2.40. The highest BCUT2D eigenvalue weighted by molar-refractivity contribution is 8.18. The van der Waals surface area contributed by atoms with Crippen LogP contribution in [0.3, 0.4) is 0 Å². The van der Waals surface area contributed by atoms with E-state index in [1.54, 1.807) is 43.3 Å². The number of ether oxygens (including phenoxy) is 2. The van der Waals surface area contributed by atoms with Crippen molar-refractivity contribution in [3.63, 3.8) is 0 Å². The van der Waals surface area contributed by atoms with E-state index < -0.39 is 11.9 Å². The van der Waals surface area contributed by atoms with Gasteiger partial charge in [0.2, 0.25) is 0 Å². The number of aliphatic imine (C=N–C) groups is 1. The van der Waals surface area contributed by atoms with Crippen molar-refractivity contribution >= 4 is 34.8 Å². The minimum Gasteiger partial charge on any atom is -0.506 e. The second kappa shape index (κ2) is 11.4. The minimum absolute atomic E-state index is 0.0868. The van der Waals surface area contributed by atoms with Crippen LogP contribution in [-0.4, -0.2) is 28.6 Å². The number of esters is 1. The van der Waals surface area contributed by atoms with Crippen molar-refractivity contribution < 1.29 is 24.2 Å². The van der Waals surface area contributed by atoms with E-state index in [2.05, 4.69) is 4.99 Å². The molecule has 1 N–H and O–H groups in total. The minimum atomic E-state index is -0.742. The zero-order valence-corrected chi connectivity index (χ0v) is 19.8. The van der Waals surface area contributed by atoms with Crippen LogP contribution < -0.4 is 4.74 Å². The van der Waals surface area contributed by atoms with Crippen molar-refractivity contribution in [1.29, 1.82) is 0 Å². The molecule has 3 aromatic carbocycles. The molecule has 1 amide bonds. The number of hydrogen-bond acceptors (Lipinski definition) is 6. The molecule has 7 heteroatoms. The summed E-state index contributed by atoms with van der Waals surface area (Å²) >= 11 is 1.03. The van der Waals surface area contributed by atoms with E-state index in [-0.39, 0.29) is 23.0 Å². The number of benzene rings is 3. The summed E-state index contributed by atoms with van der Waals surface area (Å²) in [5.74, 6) is -0.934. The highest BCUT2D eigenvalue weighted by atomic mass is 32.2. The van der Waals surface area contributed by atoms with Crippen LogP contribution in [0.4, 0.5) is 0 Å². The van der Waals surface area contributed by atoms with Gasteiger partial charge in [-0.2, -0.15) is 0 Å². The molecule has 0 spiro atoms. The van der Waals surface area contributed by atoms with E-state index in [0.717, 1.165) is 17.3 Å². The topological polar surface area (TPSA) is 85.2 Å². The Hall–Kier alpha value is -4.10. The number of thioether (sulfide) groups is 1. The molecule has 0 bridgehead atoms. The summed E-state index contributed by atoms with van der Waals surface area (Å²) in [6.45, 7) is 2.17. The second-order valence-electron chi connectivity index (χ2n) is 7.45. The number of nitrogens with zero attached hydrogens (tertiary/aromatic N) is 1. The third kappa shape index (κ3) is 5.88. The van der Waals surface area contributed by atoms with Gasteiger partial charge in [-0.3, -0.25) is 4.79 Å². The largest absolute Gasteiger partial charge is 0.506 e. The molecule has 3 aromatic rings. The Kier molecular flexibility index (Phi) is 7.80. The van der Waals surface area contributed by atoms with Gasteiger partial charge in [-0.1, -0.05) is 78.5 Å². The summed E-state index contributed by atoms with van der Waals surface area (Å²) in [5.41, 5.74) is 1.97. The van der Waals surface area contributed by atoms with Gasteiger partial charge in [0.1, 0.15) is 28.7 Å². The first-order chi connectivity index (χ1) is 17.1. The third-order valence-electron chi connectivity index (χ3n) is 5.04. The van der Waals surface area contributed by atoms with Crippen LogP contribution in [0.2, 0.25) is 0 Å². The fraction of sp³-hybridized carbons (Fsp3) is 0.107. The van der Waals surface area contributed by atoms with Crippen molar-refractivity contribution in [2.75, 3.05) is 6.61 Å². The van der Waals surface area contributed by atoms with E-state index in [1.165, 1.54) is 0 Å². The van der Waals surface area contributed by atoms with Crippen molar-refractivity contribution in [1.82, 2.24) is 0 Å². The van der Waals surface area contributed by atoms with Gasteiger partial charge in [-0.25, -0.2) is 9.79 Å². The summed E-state index contributed by atoms with van der Waals surface area (Å²) in [4.78, 5) is 29.8. The van der Waals surface area contributed by atoms with Crippen molar-refractivity contribution in [3.8, 4) is 5.75 Å². The van der Waals surface area contributed by atoms with E-state index in [9.17, 15) is 14.7 Å². The van der Waals surface area contributed by atoms with Crippen LogP contribution >= 0.6 is 11.8 Å². The molecule has 35 heavy (non-hydrogen) atoms. The molecule has 1 aliphatic rings. The molecule has 0 aliphatic carbocycles. The molecular weight excluding hydrogens is 462 g/mol. The molecule has 0 atom stereocenters. The zero-order valence-electron chi connectivity index (χ0n) is 19.0. The number of amides is 1. The molecule has 0 fully saturated rings. The lowest BCUT2D eigenvalue weighted by Crippen LogP contribution is -2.14. The first kappa shape index (κ1) is 24.0. The maximum Gasteiger partial charge on any atom is 0.344 e. The van der Waals surface area contributed by atoms with Gasteiger partial charge in [0.25, 0.3) is 5.91 Å². The van der Waals surface area contributed by atoms with Crippen LogP contribution in [-0.2, 0) is 16.1 Å². The Balaban J connectivity index is 1.66. The fourth-order valence-corrected chi connectivity index (χ4v) is 4.34. The zero-order chi connectivity index (χ0) is 24.6. The lowest BCUT2D eigenvalue weighted by Gasteiger charge is -2.10. The molecule has 0 saturated carbocycles. The van der Waals surface area contributed by atoms with Gasteiger partial charge in [0.15, 0.2) is 0 Å². The standard InChI is InChI=1S/C28H23NO5S/c1-2-33-28(32)24-25(30)23(35-27(24)29-26(31)20-13-7-4-8-14-20)17-21-15-9-10-16-22(21)34-18-19-11-5-3-6-12-19/h3-17,30H,2,18H2,1H3/b23-17-,29-27?. The third-order valence-corrected chi connectivity index (χ3v) is 6.06. The van der Waals surface area contributed by atoms with Crippen molar-refractivity contribution in [2.45, 2.75) is 13.5 Å². The highest BCUT2D eigenvalue weighted by Gasteiger charge is 2.34. The summed E-state index contributed by atoms with van der Waals surface area (Å²) in [7, 11) is 0. The Morgan fingerprint density at radius 1 is 0.943 bits per heavy atom. The molecule has 0 saturated heterocycles. The molecular formula is C28H23NO5S. The van der Waals surface area contributed by atoms with Crippen molar-refractivity contribution in [2.24, 2.45) is 4.99 Å². The average Bonchev–Trinajstić information content (AvgIpc) is 3.19. The van der Waals surface area contributed by atoms with Crippen LogP contribution in [0.15, 0.2) is 106 Å². The predicted octanol–water partition coefficient (Wildman–Crippen LogP) is 5.97. The first-order valence-electron chi connectivity index (χ1n) is 11.0. The Labute approximate surface area is 207 Å². The molecule has 0 radical (unpaired) electrons. The maximum absolute atomic E-state index is 12.7. The van der Waals surface area contributed by atoms with E-state index in [0.29, 0.717) is 28.4 Å². The summed E-state index contributed by atoms with van der Waals surface area (Å²) in [5, 5.41) is 11.0. The van der Waals surface area contributed by atoms with Gasteiger partial charge in [0.05, 0.1) is 11.5 Å². The summed E-state index contributed by atoms with van der Waals surface area (Å²) < 4.78 is 11.1. The number of carbonyl (C=O) groups excluding carboxylic acids is 2. The van der Waals surface area contributed by atoms with Crippen molar-refractivity contribution in [3.05, 3.63) is 118 Å². The second-order valence-corrected chi connectivity index (χ2v) is 8.49. The van der Waals surface area contributed by atoms with Gasteiger partial charge in [-0.15, -0.1) is 0 Å². The molecule has 0 unspecified atom stereocenters. The molecule has 1 aliphatic heterocycles. The molecule has 6 nitrogen and oxygen atoms in total. The van der Waals surface area contributed by atoms with E-state index in [1.807, 2.05) is 54.6 Å². The Bertz CT molecular complexity index is 1310. The van der Waals surface area contributed by atoms with Crippen LogP contribution in [0.5, 0.6) is 5.75 Å². The Morgan fingerprint density at radius 3 is 2.31 bits per heavy atom. The van der Waals surface area contributed by atoms with E-state index >= 15 is 0 Å². The summed E-state index contributed by atoms with van der Waals surface area (Å²) in [6, 6.07) is 25.7. The Morgan fingerprint density at radius 2 is 1.60 bits per heavy atom. The molecule has 176 valence electrons. The maximum atomic E-state index is 12.7. The van der Waals surface area contributed by atoms with Gasteiger partial charge in [0, 0.05) is 11.1 Å². The summed E-state index contributed by atoms with van der Waals surface area (Å²) in [6.07, 6.45) is 1.70. The predicted molar refractivity (Wildman–Crippen MR) is 137 cm³/mol. The number of aliphatic hydroxyl groups excluding tert-OH is 1. The number of hydrogen-bond donors (Lipinski definition) is 1. The number of carbonyl (C=O) groups is 2. The lowest BCUT2D eigenvalue weighted by molar-refractivity contribution is -0.138. The smallest absolute Gasteiger partial charge is 0.344 e. The number of rotatable bonds is 7. The van der Waals surface area contributed by atoms with Crippen LogP contribution in [0, 0.1) is 0 Å². The number of para-hydroxylation sites is 1. The number of aliphatic hydroxyl groups is 1. The quantitative estimate of drug-likeness (QED) is 0.415. The molecule has 4 rings (SSSR count). The normalized spacial score (nSPS) is 15.5. The average molecular weight is 486 g/mol. The van der Waals surface area contributed by atoms with Crippen LogP contribution in [0.1, 0.15) is 28.4 Å². The first-order valence-corrected chi connectivity index (χ1v) is 11.8. The lowest BCUT2D eigenvalue weighted by atomic mass is 10.1. The van der Waals surface area contributed by atoms with E-state index in [4.69, 9.17) is 9.47 Å². The molecule has 0 aromatic heterocycles. The monoisotopic (exact) mass is 485 g/mol.